The van der Waals surface area contributed by atoms with Crippen molar-refractivity contribution in [1.29, 1.82) is 0 Å². The van der Waals surface area contributed by atoms with Crippen molar-refractivity contribution >= 4 is 35.2 Å². The van der Waals surface area contributed by atoms with E-state index in [1.807, 2.05) is 70.2 Å². The molecule has 1 atom stereocenters. The molecule has 184 valence electrons. The molecule has 0 saturated carbocycles. The van der Waals surface area contributed by atoms with E-state index in [9.17, 15) is 9.59 Å². The molecule has 2 N–H and O–H groups in total. The Balaban J connectivity index is 1.67. The second-order valence-electron chi connectivity index (χ2n) is 8.99. The highest BCUT2D eigenvalue weighted by Gasteiger charge is 2.24. The highest BCUT2D eigenvalue weighted by atomic mass is 35.5. The van der Waals surface area contributed by atoms with E-state index >= 15 is 0 Å². The zero-order valence-electron chi connectivity index (χ0n) is 20.5. The molecule has 0 aliphatic carbocycles. The van der Waals surface area contributed by atoms with Crippen LogP contribution in [0.25, 0.3) is 0 Å². The lowest BCUT2D eigenvalue weighted by Gasteiger charge is -2.20. The first-order valence-corrected chi connectivity index (χ1v) is 12.9. The van der Waals surface area contributed by atoms with Gasteiger partial charge in [0.25, 0.3) is 5.91 Å². The molecule has 0 unspecified atom stereocenters. The van der Waals surface area contributed by atoms with E-state index in [1.54, 1.807) is 0 Å². The predicted molar refractivity (Wildman–Crippen MR) is 142 cm³/mol. The smallest absolute Gasteiger partial charge is 0.272 e. The van der Waals surface area contributed by atoms with Gasteiger partial charge in [-0.05, 0) is 37.3 Å². The summed E-state index contributed by atoms with van der Waals surface area (Å²) < 4.78 is 0. The normalized spacial score (nSPS) is 11.8. The van der Waals surface area contributed by atoms with Gasteiger partial charge in [-0.25, -0.2) is 9.97 Å². The fraction of sp³-hybridized carbons (Fsp3) is 0.333. The molecular weight excluding hydrogens is 480 g/mol. The van der Waals surface area contributed by atoms with Gasteiger partial charge in [-0.1, -0.05) is 96.9 Å². The lowest BCUT2D eigenvalue weighted by atomic mass is 10.0. The Morgan fingerprint density at radius 1 is 1.03 bits per heavy atom. The van der Waals surface area contributed by atoms with Gasteiger partial charge >= 0.3 is 0 Å². The van der Waals surface area contributed by atoms with Crippen LogP contribution in [-0.4, -0.2) is 27.8 Å². The maximum absolute atomic E-state index is 13.1. The average molecular weight is 511 g/mol. The zero-order chi connectivity index (χ0) is 25.4. The second kappa shape index (κ2) is 12.7. The Morgan fingerprint density at radius 3 is 2.46 bits per heavy atom. The van der Waals surface area contributed by atoms with Crippen LogP contribution in [0.3, 0.4) is 0 Å². The quantitative estimate of drug-likeness (QED) is 0.278. The van der Waals surface area contributed by atoms with Gasteiger partial charge < -0.3 is 10.6 Å². The number of benzene rings is 2. The Kier molecular flexibility index (Phi) is 9.69. The van der Waals surface area contributed by atoms with Crippen LogP contribution >= 0.6 is 23.4 Å². The molecule has 3 rings (SSSR count). The Labute approximate surface area is 216 Å². The van der Waals surface area contributed by atoms with Gasteiger partial charge in [0.2, 0.25) is 5.91 Å². The molecule has 0 aliphatic rings. The average Bonchev–Trinajstić information content (AvgIpc) is 2.82. The SMILES string of the molecule is Cc1ccc(CNC(=O)[C@@H](CC(C)C)NC(=O)c2nc(SCc3cccc(C)c3)ncc2Cl)cc1. The Bertz CT molecular complexity index is 1170. The number of nitrogens with one attached hydrogen (secondary N) is 2. The van der Waals surface area contributed by atoms with Crippen LogP contribution in [0, 0.1) is 19.8 Å². The van der Waals surface area contributed by atoms with E-state index in [-0.39, 0.29) is 22.5 Å². The van der Waals surface area contributed by atoms with Crippen molar-refractivity contribution in [3.63, 3.8) is 0 Å². The van der Waals surface area contributed by atoms with Crippen LogP contribution < -0.4 is 10.6 Å². The van der Waals surface area contributed by atoms with E-state index in [0.29, 0.717) is 23.9 Å². The van der Waals surface area contributed by atoms with Crippen LogP contribution in [-0.2, 0) is 17.1 Å². The number of hydrogen-bond acceptors (Lipinski definition) is 5. The van der Waals surface area contributed by atoms with Crippen molar-refractivity contribution in [3.05, 3.63) is 87.7 Å². The Morgan fingerprint density at radius 2 is 1.77 bits per heavy atom. The van der Waals surface area contributed by atoms with Crippen molar-refractivity contribution in [1.82, 2.24) is 20.6 Å². The predicted octanol–water partition coefficient (Wildman–Crippen LogP) is 5.50. The molecule has 6 nitrogen and oxygen atoms in total. The van der Waals surface area contributed by atoms with Crippen LogP contribution in [0.1, 0.15) is 53.0 Å². The van der Waals surface area contributed by atoms with Gasteiger partial charge in [-0.2, -0.15) is 0 Å². The van der Waals surface area contributed by atoms with Crippen LogP contribution in [0.4, 0.5) is 0 Å². The maximum atomic E-state index is 13.1. The molecule has 2 aromatic carbocycles. The summed E-state index contributed by atoms with van der Waals surface area (Å²) in [6.45, 7) is 8.45. The van der Waals surface area contributed by atoms with Gasteiger partial charge in [0.05, 0.1) is 11.2 Å². The molecule has 1 heterocycles. The van der Waals surface area contributed by atoms with Crippen molar-refractivity contribution in [2.45, 2.75) is 57.6 Å². The lowest BCUT2D eigenvalue weighted by molar-refractivity contribution is -0.123. The number of carbonyl (C=O) groups excluding carboxylic acids is 2. The number of hydrogen-bond donors (Lipinski definition) is 2. The summed E-state index contributed by atoms with van der Waals surface area (Å²) in [5.74, 6) is 0.131. The number of aromatic nitrogens is 2. The number of rotatable bonds is 10. The highest BCUT2D eigenvalue weighted by Crippen LogP contribution is 2.22. The molecular formula is C27H31ClN4O2S. The fourth-order valence-corrected chi connectivity index (χ4v) is 4.41. The lowest BCUT2D eigenvalue weighted by Crippen LogP contribution is -2.47. The number of aryl methyl sites for hydroxylation is 2. The fourth-order valence-electron chi connectivity index (χ4n) is 3.48. The second-order valence-corrected chi connectivity index (χ2v) is 10.3. The minimum absolute atomic E-state index is 0.0634. The van der Waals surface area contributed by atoms with E-state index in [0.717, 1.165) is 16.7 Å². The van der Waals surface area contributed by atoms with Gasteiger partial charge in [0.1, 0.15) is 6.04 Å². The number of nitrogens with zero attached hydrogens (tertiary/aromatic N) is 2. The molecule has 0 radical (unpaired) electrons. The molecule has 0 fully saturated rings. The number of thioether (sulfide) groups is 1. The summed E-state index contributed by atoms with van der Waals surface area (Å²) >= 11 is 7.68. The van der Waals surface area contributed by atoms with Crippen LogP contribution in [0.5, 0.6) is 0 Å². The third-order valence-corrected chi connectivity index (χ3v) is 6.51. The molecule has 8 heteroatoms. The summed E-state index contributed by atoms with van der Waals surface area (Å²) in [6.07, 6.45) is 1.92. The van der Waals surface area contributed by atoms with Crippen LogP contribution in [0.2, 0.25) is 5.02 Å². The molecule has 35 heavy (non-hydrogen) atoms. The number of halogens is 1. The summed E-state index contributed by atoms with van der Waals surface area (Å²) in [4.78, 5) is 34.6. The first kappa shape index (κ1) is 26.7. The van der Waals surface area contributed by atoms with Crippen LogP contribution in [0.15, 0.2) is 59.9 Å². The minimum atomic E-state index is -0.706. The van der Waals surface area contributed by atoms with Crippen molar-refractivity contribution in [2.24, 2.45) is 5.92 Å². The molecule has 1 aromatic heterocycles. The Hall–Kier alpha value is -2.90. The number of amides is 2. The minimum Gasteiger partial charge on any atom is -0.350 e. The number of carbonyl (C=O) groups is 2. The monoisotopic (exact) mass is 510 g/mol. The van der Waals surface area contributed by atoms with E-state index in [1.165, 1.54) is 23.5 Å². The third-order valence-electron chi connectivity index (χ3n) is 5.30. The van der Waals surface area contributed by atoms with E-state index in [4.69, 9.17) is 11.6 Å². The maximum Gasteiger partial charge on any atom is 0.272 e. The van der Waals surface area contributed by atoms with Gasteiger partial charge in [-0.3, -0.25) is 9.59 Å². The van der Waals surface area contributed by atoms with Gasteiger partial charge in [0.15, 0.2) is 10.9 Å². The van der Waals surface area contributed by atoms with Crippen molar-refractivity contribution in [3.8, 4) is 0 Å². The van der Waals surface area contributed by atoms with E-state index in [2.05, 4.69) is 26.7 Å². The third kappa shape index (κ3) is 8.37. The molecule has 3 aromatic rings. The zero-order valence-corrected chi connectivity index (χ0v) is 22.0. The highest BCUT2D eigenvalue weighted by molar-refractivity contribution is 7.98. The summed E-state index contributed by atoms with van der Waals surface area (Å²) in [5, 5.41) is 6.34. The van der Waals surface area contributed by atoms with Gasteiger partial charge in [0, 0.05) is 12.3 Å². The summed E-state index contributed by atoms with van der Waals surface area (Å²) in [5.41, 5.74) is 4.53. The van der Waals surface area contributed by atoms with Crippen molar-refractivity contribution in [2.75, 3.05) is 0 Å². The first-order chi connectivity index (χ1) is 16.7. The molecule has 0 bridgehead atoms. The molecule has 0 spiro atoms. The summed E-state index contributed by atoms with van der Waals surface area (Å²) in [6, 6.07) is 15.4. The largest absolute Gasteiger partial charge is 0.350 e. The van der Waals surface area contributed by atoms with E-state index < -0.39 is 11.9 Å². The summed E-state index contributed by atoms with van der Waals surface area (Å²) in [7, 11) is 0. The molecule has 0 saturated heterocycles. The topological polar surface area (TPSA) is 84.0 Å². The van der Waals surface area contributed by atoms with Crippen molar-refractivity contribution < 1.29 is 9.59 Å². The molecule has 2 amide bonds. The molecule has 0 aliphatic heterocycles. The first-order valence-electron chi connectivity index (χ1n) is 11.6. The van der Waals surface area contributed by atoms with Gasteiger partial charge in [-0.15, -0.1) is 0 Å². The standard InChI is InChI=1S/C27H31ClN4O2S/c1-17(2)12-23(25(33)29-14-20-10-8-18(3)9-11-20)31-26(34)24-22(28)15-30-27(32-24)35-16-21-7-5-6-19(4)13-21/h5-11,13,15,17,23H,12,14,16H2,1-4H3,(H,29,33)(H,31,34)/t23-/m1/s1.